The summed E-state index contributed by atoms with van der Waals surface area (Å²) in [4.78, 5) is 36.0. The highest BCUT2D eigenvalue weighted by molar-refractivity contribution is 7.13. The van der Waals surface area contributed by atoms with Crippen molar-refractivity contribution in [1.29, 1.82) is 0 Å². The van der Waals surface area contributed by atoms with Gasteiger partial charge < -0.3 is 20.3 Å². The monoisotopic (exact) mass is 512 g/mol. The molecule has 2 N–H and O–H groups in total. The second-order valence-electron chi connectivity index (χ2n) is 10.6. The first-order valence-electron chi connectivity index (χ1n) is 12.6. The van der Waals surface area contributed by atoms with E-state index < -0.39 is 12.1 Å². The van der Waals surface area contributed by atoms with Crippen LogP contribution in [0.25, 0.3) is 10.4 Å². The highest BCUT2D eigenvalue weighted by atomic mass is 32.1. The molecule has 3 rings (SSSR count). The molecule has 36 heavy (non-hydrogen) atoms. The predicted octanol–water partition coefficient (Wildman–Crippen LogP) is 4.72. The molecule has 1 aliphatic rings. The van der Waals surface area contributed by atoms with Gasteiger partial charge in [0.05, 0.1) is 39.9 Å². The van der Waals surface area contributed by atoms with Crippen LogP contribution in [0.3, 0.4) is 0 Å². The van der Waals surface area contributed by atoms with Gasteiger partial charge in [0.1, 0.15) is 6.04 Å². The minimum absolute atomic E-state index is 0.0827. The summed E-state index contributed by atoms with van der Waals surface area (Å²) in [6.07, 6.45) is 2.70. The number of thiazole rings is 1. The summed E-state index contributed by atoms with van der Waals surface area (Å²) in [7, 11) is 0. The fourth-order valence-corrected chi connectivity index (χ4v) is 5.52. The number of hydrogen-bond donors (Lipinski definition) is 1. The van der Waals surface area contributed by atoms with E-state index in [4.69, 9.17) is 10.5 Å². The number of carbonyl (C=O) groups excluding carboxylic acids is 2. The molecule has 7 nitrogen and oxygen atoms in total. The zero-order valence-electron chi connectivity index (χ0n) is 22.4. The van der Waals surface area contributed by atoms with Gasteiger partial charge >= 0.3 is 0 Å². The van der Waals surface area contributed by atoms with Gasteiger partial charge in [-0.25, -0.2) is 4.98 Å². The number of hydrogen-bond acceptors (Lipinski definition) is 6. The van der Waals surface area contributed by atoms with Crippen molar-refractivity contribution in [3.8, 4) is 10.4 Å². The highest BCUT2D eigenvalue weighted by Gasteiger charge is 2.44. The van der Waals surface area contributed by atoms with Crippen molar-refractivity contribution in [2.45, 2.75) is 84.2 Å². The Bertz CT molecular complexity index is 1060. The van der Waals surface area contributed by atoms with Crippen molar-refractivity contribution in [1.82, 2.24) is 14.8 Å². The molecule has 2 amide bonds. The Kier molecular flexibility index (Phi) is 9.08. The Balaban J connectivity index is 1.87. The molecule has 4 atom stereocenters. The number of nitrogens with zero attached hydrogens (tertiary/aromatic N) is 3. The lowest BCUT2D eigenvalue weighted by molar-refractivity contribution is -0.145. The molecule has 2 heterocycles. The fraction of sp³-hybridized carbons (Fsp3) is 0.536. The number of ether oxygens (including phenoxy) is 1. The van der Waals surface area contributed by atoms with Gasteiger partial charge in [-0.2, -0.15) is 0 Å². The van der Waals surface area contributed by atoms with E-state index in [0.29, 0.717) is 25.9 Å². The van der Waals surface area contributed by atoms with Crippen molar-refractivity contribution in [3.63, 3.8) is 0 Å². The molecule has 1 aliphatic heterocycles. The molecule has 1 aromatic heterocycles. The SMILES string of the molecule is C=CCCN(C(=O)[C@@H]1CC(OC(C)(C)C)CN1C(=O)C(C)N)[C@@H](C)c1ccc(-c2scnc2C)cc1. The Hall–Kier alpha value is -2.55. The summed E-state index contributed by atoms with van der Waals surface area (Å²) in [5, 5.41) is 0. The van der Waals surface area contributed by atoms with Crippen LogP contribution >= 0.6 is 11.3 Å². The fourth-order valence-electron chi connectivity index (χ4n) is 4.71. The average Bonchev–Trinajstić information content (AvgIpc) is 3.43. The van der Waals surface area contributed by atoms with Crippen molar-refractivity contribution < 1.29 is 14.3 Å². The Morgan fingerprint density at radius 1 is 1.31 bits per heavy atom. The van der Waals surface area contributed by atoms with E-state index in [1.165, 1.54) is 0 Å². The van der Waals surface area contributed by atoms with Crippen LogP contribution in [-0.4, -0.2) is 63.5 Å². The van der Waals surface area contributed by atoms with Crippen molar-refractivity contribution >= 4 is 23.2 Å². The van der Waals surface area contributed by atoms with Gasteiger partial charge in [0.15, 0.2) is 0 Å². The molecule has 0 radical (unpaired) electrons. The minimum atomic E-state index is -0.685. The molecule has 8 heteroatoms. The topological polar surface area (TPSA) is 88.8 Å². The molecule has 1 aromatic carbocycles. The predicted molar refractivity (Wildman–Crippen MR) is 146 cm³/mol. The summed E-state index contributed by atoms with van der Waals surface area (Å²) >= 11 is 1.62. The summed E-state index contributed by atoms with van der Waals surface area (Å²) in [6, 6.07) is 6.83. The van der Waals surface area contributed by atoms with Gasteiger partial charge in [-0.15, -0.1) is 17.9 Å². The van der Waals surface area contributed by atoms with Crippen LogP contribution in [0.5, 0.6) is 0 Å². The number of carbonyl (C=O) groups is 2. The van der Waals surface area contributed by atoms with Crippen LogP contribution in [0.2, 0.25) is 0 Å². The number of amides is 2. The van der Waals surface area contributed by atoms with Crippen LogP contribution < -0.4 is 5.73 Å². The maximum atomic E-state index is 14.0. The van der Waals surface area contributed by atoms with Crippen LogP contribution in [0.15, 0.2) is 42.4 Å². The number of nitrogens with two attached hydrogens (primary N) is 1. The van der Waals surface area contributed by atoms with Crippen molar-refractivity contribution in [3.05, 3.63) is 53.7 Å². The van der Waals surface area contributed by atoms with Crippen LogP contribution in [-0.2, 0) is 14.3 Å². The zero-order valence-corrected chi connectivity index (χ0v) is 23.2. The lowest BCUT2D eigenvalue weighted by atomic mass is 10.0. The first-order valence-corrected chi connectivity index (χ1v) is 13.5. The van der Waals surface area contributed by atoms with Gasteiger partial charge in [-0.3, -0.25) is 9.59 Å². The summed E-state index contributed by atoms with van der Waals surface area (Å²) in [5.41, 5.74) is 10.6. The van der Waals surface area contributed by atoms with E-state index in [2.05, 4.69) is 35.8 Å². The summed E-state index contributed by atoms with van der Waals surface area (Å²) in [5.74, 6) is -0.310. The quantitative estimate of drug-likeness (QED) is 0.491. The third-order valence-corrected chi connectivity index (χ3v) is 7.44. The number of benzene rings is 1. The molecule has 0 bridgehead atoms. The lowest BCUT2D eigenvalue weighted by Crippen LogP contribution is -2.52. The lowest BCUT2D eigenvalue weighted by Gasteiger charge is -2.34. The first kappa shape index (κ1) is 28.0. The van der Waals surface area contributed by atoms with Crippen LogP contribution in [0.4, 0.5) is 0 Å². The van der Waals surface area contributed by atoms with Crippen molar-refractivity contribution in [2.75, 3.05) is 13.1 Å². The van der Waals surface area contributed by atoms with Gasteiger partial charge in [-0.05, 0) is 59.1 Å². The molecule has 1 saturated heterocycles. The molecule has 0 spiro atoms. The van der Waals surface area contributed by atoms with Crippen LogP contribution in [0.1, 0.15) is 64.8 Å². The number of aryl methyl sites for hydroxylation is 1. The molecular formula is C28H40N4O3S. The van der Waals surface area contributed by atoms with Crippen LogP contribution in [0, 0.1) is 6.92 Å². The average molecular weight is 513 g/mol. The molecule has 1 fully saturated rings. The summed E-state index contributed by atoms with van der Waals surface area (Å²) < 4.78 is 6.18. The zero-order chi connectivity index (χ0) is 26.6. The normalized spacial score (nSPS) is 19.7. The highest BCUT2D eigenvalue weighted by Crippen LogP contribution is 2.32. The molecule has 196 valence electrons. The smallest absolute Gasteiger partial charge is 0.245 e. The standard InChI is InChI=1S/C28H40N4O3S/c1-8-9-14-31(20(4)21-10-12-22(13-11-21)25-19(3)30-17-36-25)27(34)24-15-23(35-28(5,6)7)16-32(24)26(33)18(2)29/h8,10-13,17-18,20,23-24H,1,9,14-16,29H2,2-7H3/t18?,20-,23?,24-/m0/s1. The minimum Gasteiger partial charge on any atom is -0.371 e. The van der Waals surface area contributed by atoms with Gasteiger partial charge in [0, 0.05) is 19.5 Å². The molecule has 2 unspecified atom stereocenters. The third-order valence-electron chi connectivity index (χ3n) is 6.47. The maximum absolute atomic E-state index is 14.0. The Labute approximate surface area is 219 Å². The van der Waals surface area contributed by atoms with E-state index in [-0.39, 0.29) is 29.6 Å². The number of rotatable bonds is 9. The molecule has 2 aromatic rings. The van der Waals surface area contributed by atoms with E-state index >= 15 is 0 Å². The second kappa shape index (κ2) is 11.7. The van der Waals surface area contributed by atoms with Crippen molar-refractivity contribution in [2.24, 2.45) is 5.73 Å². The third kappa shape index (κ3) is 6.60. The Morgan fingerprint density at radius 3 is 2.50 bits per heavy atom. The molecule has 0 aliphatic carbocycles. The molecule has 0 saturated carbocycles. The summed E-state index contributed by atoms with van der Waals surface area (Å²) in [6.45, 7) is 16.4. The maximum Gasteiger partial charge on any atom is 0.245 e. The second-order valence-corrected chi connectivity index (χ2v) is 11.4. The van der Waals surface area contributed by atoms with Gasteiger partial charge in [0.25, 0.3) is 0 Å². The number of likely N-dealkylation sites (tertiary alicyclic amines) is 1. The van der Waals surface area contributed by atoms with Gasteiger partial charge in [0.2, 0.25) is 11.8 Å². The van der Waals surface area contributed by atoms with E-state index in [1.54, 1.807) is 23.2 Å². The largest absolute Gasteiger partial charge is 0.371 e. The van der Waals surface area contributed by atoms with E-state index in [1.807, 2.05) is 51.1 Å². The molecular weight excluding hydrogens is 472 g/mol. The number of aromatic nitrogens is 1. The Morgan fingerprint density at radius 2 is 1.97 bits per heavy atom. The van der Waals surface area contributed by atoms with Gasteiger partial charge in [-0.1, -0.05) is 30.3 Å². The first-order chi connectivity index (χ1) is 16.9. The van der Waals surface area contributed by atoms with E-state index in [9.17, 15) is 9.59 Å². The van der Waals surface area contributed by atoms with E-state index in [0.717, 1.165) is 21.7 Å².